The van der Waals surface area contributed by atoms with Gasteiger partial charge in [0.25, 0.3) is 0 Å². The van der Waals surface area contributed by atoms with Crippen LogP contribution in [0.15, 0.2) is 53.5 Å². The molecule has 2 N–H and O–H groups in total. The number of ether oxygens (including phenoxy) is 1. The molecule has 1 aliphatic heterocycles. The molecule has 31 heavy (non-hydrogen) atoms. The summed E-state index contributed by atoms with van der Waals surface area (Å²) in [7, 11) is 1.82. The van der Waals surface area contributed by atoms with Crippen LogP contribution in [0.4, 0.5) is 0 Å². The molecule has 0 unspecified atom stereocenters. The molecule has 0 aliphatic carbocycles. The summed E-state index contributed by atoms with van der Waals surface area (Å²) < 4.78 is 6.73. The summed E-state index contributed by atoms with van der Waals surface area (Å²) >= 11 is 1.79. The topological polar surface area (TPSA) is 61.8 Å². The summed E-state index contributed by atoms with van der Waals surface area (Å²) in [6, 6.07) is 17.0. The number of rotatable bonds is 8. The van der Waals surface area contributed by atoms with Crippen molar-refractivity contribution in [3.63, 3.8) is 0 Å². The molecule has 6 nitrogen and oxygen atoms in total. The summed E-state index contributed by atoms with van der Waals surface area (Å²) in [5, 5.41) is 8.10. The van der Waals surface area contributed by atoms with Crippen LogP contribution in [0.3, 0.4) is 0 Å². The van der Waals surface area contributed by atoms with Gasteiger partial charge in [0, 0.05) is 46.2 Å². The molecule has 4 rings (SSSR count). The lowest BCUT2D eigenvalue weighted by Crippen LogP contribution is -2.38. The fraction of sp³-hybridized carbons (Fsp3) is 0.417. The number of fused-ring (bicyclic) bond motifs is 1. The van der Waals surface area contributed by atoms with Crippen molar-refractivity contribution in [3.8, 4) is 0 Å². The van der Waals surface area contributed by atoms with Crippen molar-refractivity contribution < 1.29 is 4.74 Å². The first-order chi connectivity index (χ1) is 15.3. The van der Waals surface area contributed by atoms with Gasteiger partial charge >= 0.3 is 0 Å². The Balaban J connectivity index is 1.23. The zero-order chi connectivity index (χ0) is 21.3. The van der Waals surface area contributed by atoms with Crippen molar-refractivity contribution in [2.45, 2.75) is 25.9 Å². The van der Waals surface area contributed by atoms with Gasteiger partial charge in [0.15, 0.2) is 5.96 Å². The molecular weight excluding hydrogens is 406 g/mol. The minimum Gasteiger partial charge on any atom is -0.379 e. The summed E-state index contributed by atoms with van der Waals surface area (Å²) in [5.41, 5.74) is 3.78. The van der Waals surface area contributed by atoms with E-state index in [0.29, 0.717) is 0 Å². The van der Waals surface area contributed by atoms with Crippen LogP contribution in [-0.2, 0) is 24.2 Å². The van der Waals surface area contributed by atoms with Gasteiger partial charge in [0.1, 0.15) is 0 Å². The van der Waals surface area contributed by atoms with Crippen molar-refractivity contribution in [2.24, 2.45) is 4.99 Å². The Morgan fingerprint density at radius 3 is 2.65 bits per heavy atom. The highest BCUT2D eigenvalue weighted by Crippen LogP contribution is 2.22. The van der Waals surface area contributed by atoms with E-state index in [-0.39, 0.29) is 0 Å². The standard InChI is InChI=1S/C24H31N5OS/c1-25-24(26-12-6-11-23-28-21-9-4-5-10-22(21)31-23)27-17-19-7-2-3-8-20(19)18-29-13-15-30-16-14-29/h2-5,7-10H,6,11-18H2,1H3,(H2,25,26,27). The van der Waals surface area contributed by atoms with Crippen LogP contribution in [0.25, 0.3) is 10.2 Å². The van der Waals surface area contributed by atoms with Gasteiger partial charge in [0.05, 0.1) is 28.4 Å². The molecular formula is C24H31N5OS. The van der Waals surface area contributed by atoms with Crippen molar-refractivity contribution in [1.82, 2.24) is 20.5 Å². The van der Waals surface area contributed by atoms with Gasteiger partial charge in [-0.2, -0.15) is 0 Å². The van der Waals surface area contributed by atoms with E-state index in [1.54, 1.807) is 11.3 Å². The molecule has 1 fully saturated rings. The van der Waals surface area contributed by atoms with Crippen molar-refractivity contribution in [2.75, 3.05) is 39.9 Å². The molecule has 2 heterocycles. The average molecular weight is 438 g/mol. The number of aliphatic imine (C=N–C) groups is 1. The van der Waals surface area contributed by atoms with Gasteiger partial charge in [-0.05, 0) is 29.7 Å². The summed E-state index contributed by atoms with van der Waals surface area (Å²) in [5.74, 6) is 0.838. The molecule has 3 aromatic rings. The van der Waals surface area contributed by atoms with E-state index in [1.807, 2.05) is 13.1 Å². The largest absolute Gasteiger partial charge is 0.379 e. The van der Waals surface area contributed by atoms with E-state index in [1.165, 1.54) is 20.8 Å². The highest BCUT2D eigenvalue weighted by molar-refractivity contribution is 7.18. The van der Waals surface area contributed by atoms with Crippen LogP contribution in [0.2, 0.25) is 0 Å². The third-order valence-electron chi connectivity index (χ3n) is 5.48. The number of thiazole rings is 1. The Kier molecular flexibility index (Phi) is 7.87. The minimum atomic E-state index is 0.762. The molecule has 0 amide bonds. The number of guanidine groups is 1. The van der Waals surface area contributed by atoms with Gasteiger partial charge in [-0.1, -0.05) is 36.4 Å². The lowest BCUT2D eigenvalue weighted by Gasteiger charge is -2.27. The number of nitrogens with zero attached hydrogens (tertiary/aromatic N) is 3. The highest BCUT2D eigenvalue weighted by atomic mass is 32.1. The Morgan fingerprint density at radius 1 is 1.06 bits per heavy atom. The minimum absolute atomic E-state index is 0.762. The van der Waals surface area contributed by atoms with E-state index in [9.17, 15) is 0 Å². The number of aryl methyl sites for hydroxylation is 1. The van der Waals surface area contributed by atoms with Crippen LogP contribution in [0.1, 0.15) is 22.6 Å². The second-order valence-electron chi connectivity index (χ2n) is 7.69. The van der Waals surface area contributed by atoms with Crippen LogP contribution in [-0.4, -0.2) is 55.7 Å². The lowest BCUT2D eigenvalue weighted by molar-refractivity contribution is 0.0341. The zero-order valence-corrected chi connectivity index (χ0v) is 19.0. The fourth-order valence-corrected chi connectivity index (χ4v) is 4.77. The Hall–Kier alpha value is -2.48. The maximum atomic E-state index is 5.47. The zero-order valence-electron chi connectivity index (χ0n) is 18.1. The molecule has 0 radical (unpaired) electrons. The number of aromatic nitrogens is 1. The molecule has 0 spiro atoms. The van der Waals surface area contributed by atoms with Crippen molar-refractivity contribution in [3.05, 3.63) is 64.7 Å². The summed E-state index contributed by atoms with van der Waals surface area (Å²) in [4.78, 5) is 11.6. The highest BCUT2D eigenvalue weighted by Gasteiger charge is 2.13. The Bertz CT molecular complexity index is 963. The number of para-hydroxylation sites is 1. The van der Waals surface area contributed by atoms with Crippen LogP contribution in [0.5, 0.6) is 0 Å². The molecule has 7 heteroatoms. The smallest absolute Gasteiger partial charge is 0.191 e. The Morgan fingerprint density at radius 2 is 1.84 bits per heavy atom. The predicted octanol–water partition coefficient (Wildman–Crippen LogP) is 3.43. The second-order valence-corrected chi connectivity index (χ2v) is 8.80. The third kappa shape index (κ3) is 6.26. The quantitative estimate of drug-likeness (QED) is 0.321. The van der Waals surface area contributed by atoms with E-state index < -0.39 is 0 Å². The summed E-state index contributed by atoms with van der Waals surface area (Å²) in [6.45, 7) is 6.25. The van der Waals surface area contributed by atoms with Crippen LogP contribution >= 0.6 is 11.3 Å². The van der Waals surface area contributed by atoms with Crippen LogP contribution in [0, 0.1) is 0 Å². The van der Waals surface area contributed by atoms with Gasteiger partial charge < -0.3 is 15.4 Å². The second kappa shape index (κ2) is 11.2. The number of morpholine rings is 1. The summed E-state index contributed by atoms with van der Waals surface area (Å²) in [6.07, 6.45) is 2.00. The first kappa shape index (κ1) is 21.7. The normalized spacial score (nSPS) is 15.3. The average Bonchev–Trinajstić information content (AvgIpc) is 3.23. The van der Waals surface area contributed by atoms with Gasteiger partial charge in [-0.25, -0.2) is 4.98 Å². The fourth-order valence-electron chi connectivity index (χ4n) is 3.76. The SMILES string of the molecule is CN=C(NCCCc1nc2ccccc2s1)NCc1ccccc1CN1CCOCC1. The third-order valence-corrected chi connectivity index (χ3v) is 6.58. The molecule has 1 aromatic heterocycles. The molecule has 1 aliphatic rings. The Labute approximate surface area is 188 Å². The van der Waals surface area contributed by atoms with E-state index in [2.05, 4.69) is 63.0 Å². The predicted molar refractivity (Wildman–Crippen MR) is 129 cm³/mol. The molecule has 2 aromatic carbocycles. The molecule has 0 bridgehead atoms. The first-order valence-corrected chi connectivity index (χ1v) is 11.8. The number of benzene rings is 2. The van der Waals surface area contributed by atoms with Crippen molar-refractivity contribution in [1.29, 1.82) is 0 Å². The van der Waals surface area contributed by atoms with Crippen molar-refractivity contribution >= 4 is 27.5 Å². The van der Waals surface area contributed by atoms with Crippen LogP contribution < -0.4 is 10.6 Å². The molecule has 164 valence electrons. The number of hydrogen-bond donors (Lipinski definition) is 2. The van der Waals surface area contributed by atoms with Gasteiger partial charge in [-0.3, -0.25) is 9.89 Å². The molecule has 1 saturated heterocycles. The molecule has 0 atom stereocenters. The maximum absolute atomic E-state index is 5.47. The van der Waals surface area contributed by atoms with E-state index in [0.717, 1.165) is 70.3 Å². The lowest BCUT2D eigenvalue weighted by atomic mass is 10.1. The maximum Gasteiger partial charge on any atom is 0.191 e. The first-order valence-electron chi connectivity index (χ1n) is 11.0. The monoisotopic (exact) mass is 437 g/mol. The van der Waals surface area contributed by atoms with Gasteiger partial charge in [-0.15, -0.1) is 11.3 Å². The number of nitrogens with one attached hydrogen (secondary N) is 2. The van der Waals surface area contributed by atoms with E-state index in [4.69, 9.17) is 9.72 Å². The molecule has 0 saturated carbocycles. The number of hydrogen-bond acceptors (Lipinski definition) is 5. The van der Waals surface area contributed by atoms with E-state index >= 15 is 0 Å². The van der Waals surface area contributed by atoms with Gasteiger partial charge in [0.2, 0.25) is 0 Å².